The van der Waals surface area contributed by atoms with E-state index in [0.29, 0.717) is 16.7 Å². The van der Waals surface area contributed by atoms with Crippen molar-refractivity contribution < 1.29 is 0 Å². The molecule has 7 nitrogen and oxygen atoms in total. The summed E-state index contributed by atoms with van der Waals surface area (Å²) in [5.41, 5.74) is 4.85. The highest BCUT2D eigenvalue weighted by molar-refractivity contribution is 6.31. The van der Waals surface area contributed by atoms with E-state index in [-0.39, 0.29) is 0 Å². The lowest BCUT2D eigenvalue weighted by molar-refractivity contribution is 0.915. The fourth-order valence-electron chi connectivity index (χ4n) is 3.87. The zero-order valence-electron chi connectivity index (χ0n) is 16.8. The third kappa shape index (κ3) is 3.18. The summed E-state index contributed by atoms with van der Waals surface area (Å²) in [7, 11) is 1.99. The standard InChI is InChI=1S/C23H18ClN7/c1-30(22-18-8-7-16(24)12-21(18)31-13-25-29-23(31)26-22)17-4-2-3-15(11-17)20-10-9-19(27-28-20)14-5-6-14/h2-4,7-14H,5-6H2,1H3. The maximum absolute atomic E-state index is 6.26. The van der Waals surface area contributed by atoms with Crippen LogP contribution in [0.2, 0.25) is 5.02 Å². The molecule has 0 saturated heterocycles. The molecule has 152 valence electrons. The van der Waals surface area contributed by atoms with Crippen molar-refractivity contribution >= 4 is 39.8 Å². The number of fused-ring (bicyclic) bond motifs is 3. The number of benzene rings is 2. The largest absolute Gasteiger partial charge is 0.329 e. The van der Waals surface area contributed by atoms with Crippen LogP contribution in [-0.4, -0.2) is 36.8 Å². The highest BCUT2D eigenvalue weighted by Crippen LogP contribution is 2.39. The minimum Gasteiger partial charge on any atom is -0.329 e. The summed E-state index contributed by atoms with van der Waals surface area (Å²) in [6, 6.07) is 18.1. The summed E-state index contributed by atoms with van der Waals surface area (Å²) in [6.07, 6.45) is 4.09. The van der Waals surface area contributed by atoms with Crippen molar-refractivity contribution in [3.05, 3.63) is 71.6 Å². The van der Waals surface area contributed by atoms with Gasteiger partial charge in [-0.3, -0.25) is 4.40 Å². The van der Waals surface area contributed by atoms with E-state index in [1.165, 1.54) is 12.8 Å². The highest BCUT2D eigenvalue weighted by atomic mass is 35.5. The first kappa shape index (κ1) is 18.2. The van der Waals surface area contributed by atoms with Gasteiger partial charge in [0.25, 0.3) is 5.78 Å². The van der Waals surface area contributed by atoms with Gasteiger partial charge in [0.1, 0.15) is 12.1 Å². The third-order valence-corrected chi connectivity index (χ3v) is 5.96. The molecule has 1 aliphatic carbocycles. The molecule has 0 unspecified atom stereocenters. The maximum atomic E-state index is 6.26. The van der Waals surface area contributed by atoms with Gasteiger partial charge < -0.3 is 4.90 Å². The Hall–Kier alpha value is -3.58. The molecule has 1 saturated carbocycles. The van der Waals surface area contributed by atoms with Crippen molar-refractivity contribution in [2.75, 3.05) is 11.9 Å². The van der Waals surface area contributed by atoms with Gasteiger partial charge >= 0.3 is 0 Å². The molecule has 0 radical (unpaired) electrons. The first-order valence-electron chi connectivity index (χ1n) is 10.1. The second-order valence-corrected chi connectivity index (χ2v) is 8.26. The van der Waals surface area contributed by atoms with Crippen LogP contribution in [0.1, 0.15) is 24.5 Å². The lowest BCUT2D eigenvalue weighted by Gasteiger charge is -2.21. The lowest BCUT2D eigenvalue weighted by Crippen LogP contribution is -2.13. The second-order valence-electron chi connectivity index (χ2n) is 7.82. The minimum atomic E-state index is 0.523. The number of nitrogens with zero attached hydrogens (tertiary/aromatic N) is 7. The molecule has 0 aliphatic heterocycles. The van der Waals surface area contributed by atoms with Crippen molar-refractivity contribution in [3.63, 3.8) is 0 Å². The summed E-state index contributed by atoms with van der Waals surface area (Å²) in [5, 5.41) is 18.6. The minimum absolute atomic E-state index is 0.523. The predicted octanol–water partition coefficient (Wildman–Crippen LogP) is 5.03. The first-order valence-corrected chi connectivity index (χ1v) is 10.5. The van der Waals surface area contributed by atoms with Gasteiger partial charge in [0.15, 0.2) is 0 Å². The number of rotatable bonds is 4. The van der Waals surface area contributed by atoms with Crippen LogP contribution in [0.25, 0.3) is 27.9 Å². The molecule has 0 N–H and O–H groups in total. The fourth-order valence-corrected chi connectivity index (χ4v) is 4.03. The molecule has 8 heteroatoms. The van der Waals surface area contributed by atoms with E-state index < -0.39 is 0 Å². The monoisotopic (exact) mass is 427 g/mol. The Labute approximate surface area is 183 Å². The summed E-state index contributed by atoms with van der Waals surface area (Å²) >= 11 is 6.26. The van der Waals surface area contributed by atoms with Crippen LogP contribution in [0.3, 0.4) is 0 Å². The van der Waals surface area contributed by atoms with Gasteiger partial charge in [-0.1, -0.05) is 23.7 Å². The molecule has 6 rings (SSSR count). The van der Waals surface area contributed by atoms with Gasteiger partial charge in [0, 0.05) is 34.6 Å². The van der Waals surface area contributed by atoms with E-state index in [0.717, 1.165) is 39.4 Å². The molecular weight excluding hydrogens is 410 g/mol. The average Bonchev–Trinajstić information content (AvgIpc) is 3.55. The maximum Gasteiger partial charge on any atom is 0.257 e. The topological polar surface area (TPSA) is 72.1 Å². The normalized spacial score (nSPS) is 13.7. The summed E-state index contributed by atoms with van der Waals surface area (Å²) < 4.78 is 1.84. The summed E-state index contributed by atoms with van der Waals surface area (Å²) in [4.78, 5) is 6.80. The van der Waals surface area contributed by atoms with Crippen LogP contribution in [0.4, 0.5) is 11.5 Å². The zero-order chi connectivity index (χ0) is 20.9. The quantitative estimate of drug-likeness (QED) is 0.400. The van der Waals surface area contributed by atoms with E-state index >= 15 is 0 Å². The molecular formula is C23H18ClN7. The summed E-state index contributed by atoms with van der Waals surface area (Å²) in [6.45, 7) is 0. The smallest absolute Gasteiger partial charge is 0.257 e. The molecule has 1 aliphatic rings. The number of aromatic nitrogens is 6. The molecule has 3 aromatic heterocycles. The van der Waals surface area contributed by atoms with Crippen molar-refractivity contribution in [2.24, 2.45) is 0 Å². The SMILES string of the molecule is CN(c1cccc(-c2ccc(C3CC3)nn2)c1)c1nc2nncn2c2cc(Cl)ccc12. The van der Waals surface area contributed by atoms with Crippen LogP contribution >= 0.6 is 11.6 Å². The van der Waals surface area contributed by atoms with Crippen LogP contribution in [-0.2, 0) is 0 Å². The van der Waals surface area contributed by atoms with Crippen molar-refractivity contribution in [1.82, 2.24) is 29.8 Å². The number of hydrogen-bond acceptors (Lipinski definition) is 6. The van der Waals surface area contributed by atoms with E-state index in [2.05, 4.69) is 38.6 Å². The fraction of sp³-hybridized carbons (Fsp3) is 0.174. The number of halogens is 1. The van der Waals surface area contributed by atoms with Gasteiger partial charge in [-0.2, -0.15) is 15.2 Å². The lowest BCUT2D eigenvalue weighted by atomic mass is 10.1. The molecule has 1 fully saturated rings. The third-order valence-electron chi connectivity index (χ3n) is 5.72. The van der Waals surface area contributed by atoms with Crippen LogP contribution in [0.5, 0.6) is 0 Å². The van der Waals surface area contributed by atoms with E-state index in [1.807, 2.05) is 52.7 Å². The first-order chi connectivity index (χ1) is 15.2. The molecule has 2 aromatic carbocycles. The van der Waals surface area contributed by atoms with Gasteiger partial charge in [0.05, 0.1) is 16.9 Å². The van der Waals surface area contributed by atoms with Crippen molar-refractivity contribution in [2.45, 2.75) is 18.8 Å². The molecule has 0 amide bonds. The van der Waals surface area contributed by atoms with E-state index in [4.69, 9.17) is 16.6 Å². The Balaban J connectivity index is 1.43. The van der Waals surface area contributed by atoms with Crippen LogP contribution < -0.4 is 4.90 Å². The molecule has 3 heterocycles. The van der Waals surface area contributed by atoms with Gasteiger partial charge in [-0.25, -0.2) is 0 Å². The van der Waals surface area contributed by atoms with Crippen molar-refractivity contribution in [1.29, 1.82) is 0 Å². The van der Waals surface area contributed by atoms with Gasteiger partial charge in [0.2, 0.25) is 0 Å². The Kier molecular flexibility index (Phi) is 4.11. The highest BCUT2D eigenvalue weighted by Gasteiger charge is 2.25. The molecule has 31 heavy (non-hydrogen) atoms. The second kappa shape index (κ2) is 6.99. The average molecular weight is 428 g/mol. The number of hydrogen-bond donors (Lipinski definition) is 0. The Morgan fingerprint density at radius 2 is 1.90 bits per heavy atom. The molecule has 0 atom stereocenters. The van der Waals surface area contributed by atoms with Crippen LogP contribution in [0.15, 0.2) is 60.9 Å². The predicted molar refractivity (Wildman–Crippen MR) is 121 cm³/mol. The van der Waals surface area contributed by atoms with Gasteiger partial charge in [-0.05, 0) is 55.3 Å². The molecule has 5 aromatic rings. The van der Waals surface area contributed by atoms with Gasteiger partial charge in [-0.15, -0.1) is 10.2 Å². The Morgan fingerprint density at radius 3 is 2.71 bits per heavy atom. The van der Waals surface area contributed by atoms with Crippen molar-refractivity contribution in [3.8, 4) is 11.3 Å². The Bertz CT molecular complexity index is 1420. The Morgan fingerprint density at radius 1 is 1.00 bits per heavy atom. The molecule has 0 bridgehead atoms. The van der Waals surface area contributed by atoms with Crippen LogP contribution in [0, 0.1) is 0 Å². The van der Waals surface area contributed by atoms with E-state index in [1.54, 1.807) is 6.33 Å². The number of anilines is 2. The zero-order valence-corrected chi connectivity index (χ0v) is 17.5. The molecule has 0 spiro atoms. The summed E-state index contributed by atoms with van der Waals surface area (Å²) in [5.74, 6) is 1.90. The van der Waals surface area contributed by atoms with E-state index in [9.17, 15) is 0 Å².